The Morgan fingerprint density at radius 2 is 2.11 bits per heavy atom. The molecule has 198 valence electrons. The van der Waals surface area contributed by atoms with Crippen molar-refractivity contribution < 1.29 is 19.1 Å². The lowest BCUT2D eigenvalue weighted by Crippen LogP contribution is -2.29. The highest BCUT2D eigenvalue weighted by Crippen LogP contribution is 2.39. The number of benzene rings is 1. The SMILES string of the molecule is CNCC(O)COc1cccc(-c2nc(N[C@@H]3CCOC3)c(C)c(N3CCCC3c3nc(C)no3)n2)c1. The molecule has 3 atom stereocenters. The zero-order valence-corrected chi connectivity index (χ0v) is 21.6. The molecule has 0 bridgehead atoms. The van der Waals surface area contributed by atoms with Crippen molar-refractivity contribution in [3.63, 3.8) is 0 Å². The van der Waals surface area contributed by atoms with Crippen molar-refractivity contribution in [1.29, 1.82) is 0 Å². The number of nitrogens with one attached hydrogen (secondary N) is 2. The van der Waals surface area contributed by atoms with Crippen molar-refractivity contribution in [2.24, 2.45) is 0 Å². The largest absolute Gasteiger partial charge is 0.491 e. The summed E-state index contributed by atoms with van der Waals surface area (Å²) in [6, 6.07) is 7.83. The van der Waals surface area contributed by atoms with Crippen molar-refractivity contribution in [3.8, 4) is 17.1 Å². The number of hydrogen-bond donors (Lipinski definition) is 3. The minimum absolute atomic E-state index is 0.0337. The van der Waals surface area contributed by atoms with Gasteiger partial charge in [0.05, 0.1) is 12.6 Å². The highest BCUT2D eigenvalue weighted by atomic mass is 16.5. The number of aromatic nitrogens is 4. The molecule has 3 N–H and O–H groups in total. The third kappa shape index (κ3) is 5.84. The summed E-state index contributed by atoms with van der Waals surface area (Å²) >= 11 is 0. The molecule has 5 rings (SSSR count). The van der Waals surface area contributed by atoms with E-state index in [0.29, 0.717) is 36.4 Å². The molecular formula is C26H35N7O4. The van der Waals surface area contributed by atoms with Crippen LogP contribution >= 0.6 is 0 Å². The van der Waals surface area contributed by atoms with Crippen molar-refractivity contribution in [1.82, 2.24) is 25.4 Å². The molecule has 37 heavy (non-hydrogen) atoms. The molecule has 11 nitrogen and oxygen atoms in total. The standard InChI is InChI=1S/C26H35N7O4/c1-16-23(29-19-9-11-35-14-19)30-24(18-6-4-7-21(12-18)36-15-20(34)13-27-3)31-25(16)33-10-5-8-22(33)26-28-17(2)32-37-26/h4,6-7,12,19-20,22,27,34H,5,8-11,13-15H2,1-3H3,(H,29,30,31)/t19-,20?,22?/m1/s1. The fourth-order valence-corrected chi connectivity index (χ4v) is 4.83. The minimum Gasteiger partial charge on any atom is -0.491 e. The quantitative estimate of drug-likeness (QED) is 0.373. The van der Waals surface area contributed by atoms with Crippen LogP contribution in [0.3, 0.4) is 0 Å². The number of rotatable bonds is 10. The predicted molar refractivity (Wildman–Crippen MR) is 139 cm³/mol. The summed E-state index contributed by atoms with van der Waals surface area (Å²) in [6.07, 6.45) is 2.25. The lowest BCUT2D eigenvalue weighted by atomic mass is 10.1. The summed E-state index contributed by atoms with van der Waals surface area (Å²) in [5, 5.41) is 20.6. The second-order valence-electron chi connectivity index (χ2n) is 9.63. The molecule has 2 aliphatic heterocycles. The Bertz CT molecular complexity index is 1200. The molecule has 1 aromatic carbocycles. The van der Waals surface area contributed by atoms with Crippen LogP contribution in [0.5, 0.6) is 5.75 Å². The lowest BCUT2D eigenvalue weighted by Gasteiger charge is -2.27. The minimum atomic E-state index is -0.597. The maximum Gasteiger partial charge on any atom is 0.249 e. The average Bonchev–Trinajstić information content (AvgIpc) is 3.67. The van der Waals surface area contributed by atoms with Gasteiger partial charge in [0, 0.05) is 30.8 Å². The van der Waals surface area contributed by atoms with E-state index in [4.69, 9.17) is 24.0 Å². The number of anilines is 2. The number of nitrogens with zero attached hydrogens (tertiary/aromatic N) is 5. The van der Waals surface area contributed by atoms with Gasteiger partial charge in [-0.3, -0.25) is 0 Å². The molecule has 2 aliphatic rings. The Morgan fingerprint density at radius 1 is 1.22 bits per heavy atom. The van der Waals surface area contributed by atoms with E-state index in [-0.39, 0.29) is 18.7 Å². The summed E-state index contributed by atoms with van der Waals surface area (Å²) in [6.45, 7) is 6.76. The van der Waals surface area contributed by atoms with Crippen LogP contribution in [-0.4, -0.2) is 77.3 Å². The van der Waals surface area contributed by atoms with E-state index >= 15 is 0 Å². The Morgan fingerprint density at radius 3 is 2.86 bits per heavy atom. The Labute approximate surface area is 216 Å². The summed E-state index contributed by atoms with van der Waals surface area (Å²) in [7, 11) is 1.80. The predicted octanol–water partition coefficient (Wildman–Crippen LogP) is 2.64. The van der Waals surface area contributed by atoms with Crippen LogP contribution in [0.15, 0.2) is 28.8 Å². The zero-order chi connectivity index (χ0) is 25.8. The number of aliphatic hydroxyl groups is 1. The Hall–Kier alpha value is -3.28. The maximum atomic E-state index is 10.0. The van der Waals surface area contributed by atoms with Crippen LogP contribution in [0.4, 0.5) is 11.6 Å². The van der Waals surface area contributed by atoms with Gasteiger partial charge in [0.25, 0.3) is 0 Å². The molecule has 2 fully saturated rings. The molecule has 11 heteroatoms. The topological polar surface area (TPSA) is 131 Å². The van der Waals surface area contributed by atoms with Gasteiger partial charge in [0.2, 0.25) is 5.89 Å². The first-order chi connectivity index (χ1) is 18.0. The van der Waals surface area contributed by atoms with E-state index in [1.54, 1.807) is 7.05 Å². The monoisotopic (exact) mass is 509 g/mol. The zero-order valence-electron chi connectivity index (χ0n) is 21.6. The molecule has 4 heterocycles. The third-order valence-corrected chi connectivity index (χ3v) is 6.72. The number of likely N-dealkylation sites (N-methyl/N-ethyl adjacent to an activating group) is 1. The van der Waals surface area contributed by atoms with Gasteiger partial charge in [-0.15, -0.1) is 0 Å². The first-order valence-electron chi connectivity index (χ1n) is 12.9. The summed E-state index contributed by atoms with van der Waals surface area (Å²) in [5.74, 6) is 4.12. The molecule has 0 radical (unpaired) electrons. The van der Waals surface area contributed by atoms with Crippen molar-refractivity contribution in [3.05, 3.63) is 41.5 Å². The van der Waals surface area contributed by atoms with Crippen LogP contribution in [0.2, 0.25) is 0 Å². The lowest BCUT2D eigenvalue weighted by molar-refractivity contribution is 0.108. The van der Waals surface area contributed by atoms with E-state index in [1.165, 1.54) is 0 Å². The van der Waals surface area contributed by atoms with Gasteiger partial charge in [-0.1, -0.05) is 17.3 Å². The highest BCUT2D eigenvalue weighted by Gasteiger charge is 2.34. The normalized spacial score (nSPS) is 20.4. The fourth-order valence-electron chi connectivity index (χ4n) is 4.83. The van der Waals surface area contributed by atoms with E-state index in [1.807, 2.05) is 38.1 Å². The second kappa shape index (κ2) is 11.4. The van der Waals surface area contributed by atoms with E-state index in [0.717, 1.165) is 55.2 Å². The van der Waals surface area contributed by atoms with E-state index in [9.17, 15) is 5.11 Å². The van der Waals surface area contributed by atoms with Crippen molar-refractivity contribution in [2.75, 3.05) is 50.2 Å². The summed E-state index contributed by atoms with van der Waals surface area (Å²) in [4.78, 5) is 16.7. The molecule has 0 spiro atoms. The van der Waals surface area contributed by atoms with Gasteiger partial charge < -0.3 is 34.6 Å². The Kier molecular flexibility index (Phi) is 7.82. The number of ether oxygens (including phenoxy) is 2. The average molecular weight is 510 g/mol. The van der Waals surface area contributed by atoms with Crippen LogP contribution in [-0.2, 0) is 4.74 Å². The molecule has 0 saturated carbocycles. The molecule has 2 unspecified atom stereocenters. The van der Waals surface area contributed by atoms with Crippen molar-refractivity contribution >= 4 is 11.6 Å². The first-order valence-corrected chi connectivity index (χ1v) is 12.9. The molecule has 0 amide bonds. The number of hydrogen-bond acceptors (Lipinski definition) is 11. The van der Waals surface area contributed by atoms with Crippen LogP contribution < -0.4 is 20.3 Å². The molecule has 3 aromatic rings. The second-order valence-corrected chi connectivity index (χ2v) is 9.63. The van der Waals surface area contributed by atoms with Gasteiger partial charge in [-0.05, 0) is 52.3 Å². The van der Waals surface area contributed by atoms with Crippen molar-refractivity contribution in [2.45, 2.75) is 51.3 Å². The van der Waals surface area contributed by atoms with E-state index < -0.39 is 6.10 Å². The van der Waals surface area contributed by atoms with Gasteiger partial charge in [-0.2, -0.15) is 4.98 Å². The fraction of sp³-hybridized carbons (Fsp3) is 0.538. The van der Waals surface area contributed by atoms with Gasteiger partial charge in [-0.25, -0.2) is 9.97 Å². The van der Waals surface area contributed by atoms with Crippen LogP contribution in [0.25, 0.3) is 11.4 Å². The maximum absolute atomic E-state index is 10.0. The van der Waals surface area contributed by atoms with Gasteiger partial charge >= 0.3 is 0 Å². The van der Waals surface area contributed by atoms with Crippen LogP contribution in [0, 0.1) is 13.8 Å². The third-order valence-electron chi connectivity index (χ3n) is 6.72. The Balaban J connectivity index is 1.49. The first kappa shape index (κ1) is 25.4. The molecular weight excluding hydrogens is 474 g/mol. The smallest absolute Gasteiger partial charge is 0.249 e. The molecule has 2 aromatic heterocycles. The number of aliphatic hydroxyl groups excluding tert-OH is 1. The molecule has 0 aliphatic carbocycles. The van der Waals surface area contributed by atoms with E-state index in [2.05, 4.69) is 25.7 Å². The highest BCUT2D eigenvalue weighted by molar-refractivity contribution is 5.67. The summed E-state index contributed by atoms with van der Waals surface area (Å²) in [5.41, 5.74) is 1.80. The number of aryl methyl sites for hydroxylation is 1. The molecule has 2 saturated heterocycles. The van der Waals surface area contributed by atoms with Gasteiger partial charge in [0.1, 0.15) is 36.1 Å². The summed E-state index contributed by atoms with van der Waals surface area (Å²) < 4.78 is 17.0. The van der Waals surface area contributed by atoms with Gasteiger partial charge in [0.15, 0.2) is 11.6 Å². The van der Waals surface area contributed by atoms with Crippen LogP contribution in [0.1, 0.15) is 42.6 Å².